The Balaban J connectivity index is 0.00000237. The monoisotopic (exact) mass is 756 g/mol. The standard InChI is InChI=1S/C41H46N10O3.C2H6/c1-3-20-50-40(54)33-26-42-41(47-38(33)51(50)35-17-9-29-8-7-28(4-2)37(29)45-35)44-31-10-5-27(6-11-31)19-21-48-22-24-49(25-23-48)32-14-12-30(13-15-32)43-34-16-18-36(52)46-39(34)53;1-2/h3,5-6,9-15,17,26,28,34,43H,1,4,7-8,16,18-25H2,2H3,(H,42,44,47)(H,46,52,53);1-2H3. The number of nitrogens with one attached hydrogen (secondary N) is 3. The lowest BCUT2D eigenvalue weighted by Gasteiger charge is -2.36. The summed E-state index contributed by atoms with van der Waals surface area (Å²) in [6, 6.07) is 20.3. The Bertz CT molecular complexity index is 2240. The van der Waals surface area contributed by atoms with Crippen LogP contribution in [0.5, 0.6) is 0 Å². The van der Waals surface area contributed by atoms with Gasteiger partial charge in [0.15, 0.2) is 11.5 Å². The molecule has 8 rings (SSSR count). The molecule has 2 atom stereocenters. The number of piperazine rings is 1. The SMILES string of the molecule is C=CCn1c(=O)c2cnc(Nc3ccc(CCN4CCN(c5ccc(NC6CCC(=O)NC6=O)cc5)CC4)cc3)nc2n1-c1ccc2c(n1)C(CC)CC2.CC. The fraction of sp³-hybridized carbons (Fsp3) is 0.395. The first kappa shape index (κ1) is 38.5. The molecule has 13 heteroatoms. The number of imide groups is 1. The normalized spacial score (nSPS) is 18.2. The summed E-state index contributed by atoms with van der Waals surface area (Å²) in [7, 11) is 0. The zero-order valence-electron chi connectivity index (χ0n) is 32.6. The Morgan fingerprint density at radius 2 is 1.64 bits per heavy atom. The van der Waals surface area contributed by atoms with Gasteiger partial charge in [-0.3, -0.25) is 24.6 Å². The Kier molecular flexibility index (Phi) is 11.9. The second-order valence-corrected chi connectivity index (χ2v) is 14.4. The van der Waals surface area contributed by atoms with Crippen LogP contribution in [0.2, 0.25) is 0 Å². The average Bonchev–Trinajstić information content (AvgIpc) is 3.77. The number of fused-ring (bicyclic) bond motifs is 2. The van der Waals surface area contributed by atoms with Crippen LogP contribution in [-0.2, 0) is 29.0 Å². The number of aromatic nitrogens is 5. The van der Waals surface area contributed by atoms with Gasteiger partial charge < -0.3 is 15.5 Å². The third-order valence-corrected chi connectivity index (χ3v) is 10.9. The number of hydrogen-bond donors (Lipinski definition) is 3. The summed E-state index contributed by atoms with van der Waals surface area (Å²) < 4.78 is 3.43. The first-order valence-corrected chi connectivity index (χ1v) is 20.0. The van der Waals surface area contributed by atoms with Crippen LogP contribution >= 0.6 is 0 Å². The van der Waals surface area contributed by atoms with Crippen molar-refractivity contribution in [2.24, 2.45) is 0 Å². The zero-order valence-corrected chi connectivity index (χ0v) is 32.6. The van der Waals surface area contributed by atoms with E-state index in [0.717, 1.165) is 81.2 Å². The summed E-state index contributed by atoms with van der Waals surface area (Å²) in [6.45, 7) is 15.2. The van der Waals surface area contributed by atoms with Crippen molar-refractivity contribution in [2.75, 3.05) is 48.3 Å². The quantitative estimate of drug-likeness (QED) is 0.103. The minimum Gasteiger partial charge on any atom is -0.374 e. The van der Waals surface area contributed by atoms with Gasteiger partial charge in [-0.05, 0) is 85.7 Å². The van der Waals surface area contributed by atoms with Crippen LogP contribution in [-0.4, -0.2) is 79.8 Å². The topological polar surface area (TPSA) is 142 Å². The number of nitrogens with zero attached hydrogens (tertiary/aromatic N) is 7. The van der Waals surface area contributed by atoms with Crippen LogP contribution in [0.4, 0.5) is 23.0 Å². The van der Waals surface area contributed by atoms with Crippen molar-refractivity contribution >= 4 is 45.9 Å². The lowest BCUT2D eigenvalue weighted by Crippen LogP contribution is -2.47. The van der Waals surface area contributed by atoms with E-state index >= 15 is 0 Å². The van der Waals surface area contributed by atoms with Crippen LogP contribution in [0.1, 0.15) is 69.2 Å². The van der Waals surface area contributed by atoms with Crippen molar-refractivity contribution in [3.63, 3.8) is 0 Å². The second-order valence-electron chi connectivity index (χ2n) is 14.4. The highest BCUT2D eigenvalue weighted by Gasteiger charge is 2.27. The van der Waals surface area contributed by atoms with Gasteiger partial charge in [0, 0.05) is 74.0 Å². The van der Waals surface area contributed by atoms with Gasteiger partial charge in [0.2, 0.25) is 17.8 Å². The van der Waals surface area contributed by atoms with E-state index in [4.69, 9.17) is 9.97 Å². The molecule has 13 nitrogen and oxygen atoms in total. The smallest absolute Gasteiger partial charge is 0.278 e. The van der Waals surface area contributed by atoms with Gasteiger partial charge in [0.1, 0.15) is 11.4 Å². The van der Waals surface area contributed by atoms with Gasteiger partial charge in [-0.2, -0.15) is 4.98 Å². The molecule has 292 valence electrons. The van der Waals surface area contributed by atoms with Gasteiger partial charge in [-0.25, -0.2) is 19.3 Å². The molecule has 3 aromatic heterocycles. The number of benzene rings is 2. The van der Waals surface area contributed by atoms with E-state index in [-0.39, 0.29) is 23.4 Å². The van der Waals surface area contributed by atoms with Gasteiger partial charge in [-0.1, -0.05) is 45.0 Å². The van der Waals surface area contributed by atoms with Crippen LogP contribution in [0.15, 0.2) is 84.3 Å². The number of anilines is 4. The molecular formula is C43H52N10O3. The molecule has 2 aromatic carbocycles. The zero-order chi connectivity index (χ0) is 39.2. The number of carbonyl (C=O) groups is 2. The Hall–Kier alpha value is -5.82. The van der Waals surface area contributed by atoms with Crippen molar-refractivity contribution in [3.05, 3.63) is 107 Å². The molecule has 5 aromatic rings. The minimum absolute atomic E-state index is 0.174. The number of amides is 2. The van der Waals surface area contributed by atoms with Crippen molar-refractivity contribution in [1.82, 2.24) is 34.5 Å². The second kappa shape index (κ2) is 17.3. The number of piperidine rings is 1. The molecule has 0 radical (unpaired) electrons. The molecule has 3 N–H and O–H groups in total. The summed E-state index contributed by atoms with van der Waals surface area (Å²) >= 11 is 0. The first-order valence-electron chi connectivity index (χ1n) is 20.0. The molecule has 0 saturated carbocycles. The number of carbonyl (C=O) groups excluding carboxylic acids is 2. The highest BCUT2D eigenvalue weighted by molar-refractivity contribution is 6.01. The molecular weight excluding hydrogens is 705 g/mol. The fourth-order valence-electron chi connectivity index (χ4n) is 7.85. The van der Waals surface area contributed by atoms with Crippen LogP contribution in [0.3, 0.4) is 0 Å². The van der Waals surface area contributed by atoms with Gasteiger partial charge in [0.25, 0.3) is 5.56 Å². The molecule has 2 unspecified atom stereocenters. The average molecular weight is 757 g/mol. The van der Waals surface area contributed by atoms with Crippen molar-refractivity contribution in [2.45, 2.75) is 77.8 Å². The van der Waals surface area contributed by atoms with E-state index in [1.54, 1.807) is 21.6 Å². The van der Waals surface area contributed by atoms with E-state index in [0.29, 0.717) is 48.1 Å². The maximum absolute atomic E-state index is 13.5. The van der Waals surface area contributed by atoms with E-state index in [1.807, 2.05) is 44.2 Å². The van der Waals surface area contributed by atoms with Gasteiger partial charge >= 0.3 is 0 Å². The maximum atomic E-state index is 13.5. The van der Waals surface area contributed by atoms with Crippen molar-refractivity contribution < 1.29 is 9.59 Å². The summed E-state index contributed by atoms with van der Waals surface area (Å²) in [5.41, 5.74) is 6.89. The van der Waals surface area contributed by atoms with Crippen LogP contribution < -0.4 is 26.4 Å². The molecule has 2 saturated heterocycles. The third-order valence-electron chi connectivity index (χ3n) is 10.9. The fourth-order valence-corrected chi connectivity index (χ4v) is 7.85. The number of pyridine rings is 1. The van der Waals surface area contributed by atoms with Crippen molar-refractivity contribution in [1.29, 1.82) is 0 Å². The van der Waals surface area contributed by atoms with Crippen LogP contribution in [0, 0.1) is 0 Å². The molecule has 2 fully saturated rings. The van der Waals surface area contributed by atoms with E-state index < -0.39 is 0 Å². The van der Waals surface area contributed by atoms with Gasteiger partial charge in [0.05, 0.1) is 6.54 Å². The van der Waals surface area contributed by atoms with Crippen LogP contribution in [0.25, 0.3) is 16.9 Å². The summed E-state index contributed by atoms with van der Waals surface area (Å²) in [4.78, 5) is 56.3. The third kappa shape index (κ3) is 8.23. The summed E-state index contributed by atoms with van der Waals surface area (Å²) in [6.07, 6.45) is 8.28. The summed E-state index contributed by atoms with van der Waals surface area (Å²) in [5.74, 6) is 1.04. The number of rotatable bonds is 12. The summed E-state index contributed by atoms with van der Waals surface area (Å²) in [5, 5.41) is 9.42. The number of aryl methyl sites for hydroxylation is 1. The predicted octanol–water partition coefficient (Wildman–Crippen LogP) is 5.95. The highest BCUT2D eigenvalue weighted by atomic mass is 16.2. The van der Waals surface area contributed by atoms with E-state index in [9.17, 15) is 14.4 Å². The highest BCUT2D eigenvalue weighted by Crippen LogP contribution is 2.34. The molecule has 0 bridgehead atoms. The van der Waals surface area contributed by atoms with E-state index in [2.05, 4.69) is 74.6 Å². The van der Waals surface area contributed by atoms with E-state index in [1.165, 1.54) is 11.1 Å². The molecule has 56 heavy (non-hydrogen) atoms. The van der Waals surface area contributed by atoms with Crippen molar-refractivity contribution in [3.8, 4) is 5.82 Å². The molecule has 1 aliphatic carbocycles. The predicted molar refractivity (Wildman–Crippen MR) is 222 cm³/mol. The Labute approximate surface area is 327 Å². The Morgan fingerprint density at radius 1 is 0.893 bits per heavy atom. The lowest BCUT2D eigenvalue weighted by molar-refractivity contribution is -0.133. The molecule has 2 amide bonds. The molecule has 5 heterocycles. The largest absolute Gasteiger partial charge is 0.374 e. The number of hydrogen-bond acceptors (Lipinski definition) is 10. The Morgan fingerprint density at radius 3 is 2.36 bits per heavy atom. The maximum Gasteiger partial charge on any atom is 0.278 e. The molecule has 3 aliphatic rings. The number of allylic oxidation sites excluding steroid dienone is 1. The first-order chi connectivity index (χ1) is 27.4. The molecule has 0 spiro atoms. The minimum atomic E-state index is -0.385. The lowest BCUT2D eigenvalue weighted by atomic mass is 10.0. The molecule has 2 aliphatic heterocycles. The van der Waals surface area contributed by atoms with Gasteiger partial charge in [-0.15, -0.1) is 6.58 Å².